The van der Waals surface area contributed by atoms with Gasteiger partial charge in [0.1, 0.15) is 11.6 Å². The molecule has 1 saturated heterocycles. The van der Waals surface area contributed by atoms with Gasteiger partial charge in [-0.1, -0.05) is 37.8 Å². The van der Waals surface area contributed by atoms with E-state index in [4.69, 9.17) is 22.4 Å². The summed E-state index contributed by atoms with van der Waals surface area (Å²) in [5.41, 5.74) is 7.74. The zero-order valence-electron chi connectivity index (χ0n) is 15.4. The summed E-state index contributed by atoms with van der Waals surface area (Å²) in [7, 11) is 0. The van der Waals surface area contributed by atoms with Crippen molar-refractivity contribution in [3.05, 3.63) is 22.5 Å². The average Bonchev–Trinajstić information content (AvgIpc) is 2.87. The molecule has 0 amide bonds. The Kier molecular flexibility index (Phi) is 6.16. The zero-order chi connectivity index (χ0) is 19.6. The fourth-order valence-electron chi connectivity index (χ4n) is 3.91. The summed E-state index contributed by atoms with van der Waals surface area (Å²) < 4.78 is 3.57. The van der Waals surface area contributed by atoms with Crippen LogP contribution in [0, 0.1) is 11.3 Å². The Bertz CT molecular complexity index is 846. The van der Waals surface area contributed by atoms with Gasteiger partial charge in [-0.15, -0.1) is 5.10 Å². The number of β-amino-alcohol motifs (C(OH)–C–C–N with tert-alkyl or cyclic N) is 1. The highest BCUT2D eigenvalue weighted by atomic mass is 35.5. The van der Waals surface area contributed by atoms with Gasteiger partial charge in [0.05, 0.1) is 28.6 Å². The number of hydrogen-bond donors (Lipinski definition) is 3. The molecule has 1 saturated carbocycles. The Morgan fingerprint density at radius 3 is 2.70 bits per heavy atom. The van der Waals surface area contributed by atoms with Gasteiger partial charge >= 0.3 is 0 Å². The molecular formula is C18H25ClN6OS. The first-order valence-electron chi connectivity index (χ1n) is 9.27. The van der Waals surface area contributed by atoms with Crippen LogP contribution in [0.5, 0.6) is 0 Å². The van der Waals surface area contributed by atoms with Crippen molar-refractivity contribution in [1.82, 2.24) is 18.9 Å². The summed E-state index contributed by atoms with van der Waals surface area (Å²) in [6.07, 6.45) is 7.72. The summed E-state index contributed by atoms with van der Waals surface area (Å²) in [6, 6.07) is 2.22. The van der Waals surface area contributed by atoms with Crippen molar-refractivity contribution in [2.45, 2.75) is 57.0 Å². The molecule has 7 nitrogen and oxygen atoms in total. The van der Waals surface area contributed by atoms with E-state index in [-0.39, 0.29) is 17.5 Å². The van der Waals surface area contributed by atoms with Crippen LogP contribution in [0.4, 0.5) is 5.95 Å². The third-order valence-electron chi connectivity index (χ3n) is 5.62. The maximum Gasteiger partial charge on any atom is 0.238 e. The molecular weight excluding hydrogens is 384 g/mol. The molecule has 2 aromatic rings. The molecule has 0 bridgehead atoms. The number of hydrogen-bond acceptors (Lipinski definition) is 7. The fraction of sp³-hybridized carbons (Fsp3) is 0.611. The maximum absolute atomic E-state index is 9.42. The topological polar surface area (TPSA) is 103 Å². The van der Waals surface area contributed by atoms with Gasteiger partial charge in [-0.05, 0) is 32.1 Å². The number of anilines is 1. The predicted molar refractivity (Wildman–Crippen MR) is 109 cm³/mol. The molecule has 2 aromatic heterocycles. The molecule has 1 unspecified atom stereocenters. The van der Waals surface area contributed by atoms with Gasteiger partial charge in [0, 0.05) is 18.5 Å². The number of nitriles is 1. The van der Waals surface area contributed by atoms with E-state index in [2.05, 4.69) is 35.9 Å². The quantitative estimate of drug-likeness (QED) is 0.660. The number of halogens is 1. The molecule has 27 heavy (non-hydrogen) atoms. The molecule has 1 aliphatic carbocycles. The standard InChI is InChI=1S/C13H14ClN5.C5H11NOS/c1-2-13(4-3-5-13)11-8(6-15)10(14)9-7-17-12(16)18-19(9)11;7-5-2-1-3-6(8)4-5/h7H,2-5H2,1H3,(H2,16,18);5,7-8H,1-4H2. The zero-order valence-corrected chi connectivity index (χ0v) is 17.0. The van der Waals surface area contributed by atoms with Crippen molar-refractivity contribution >= 4 is 35.9 Å². The Balaban J connectivity index is 0.000000221. The Hall–Kier alpha value is -1.53. The molecule has 0 aromatic carbocycles. The van der Waals surface area contributed by atoms with Crippen LogP contribution in [0.3, 0.4) is 0 Å². The maximum atomic E-state index is 9.42. The number of nitrogen functional groups attached to an aromatic ring is 1. The molecule has 1 atom stereocenters. The Morgan fingerprint density at radius 2 is 2.22 bits per heavy atom. The van der Waals surface area contributed by atoms with Crippen molar-refractivity contribution in [2.75, 3.05) is 18.8 Å². The highest BCUT2D eigenvalue weighted by molar-refractivity contribution is 7.77. The summed E-state index contributed by atoms with van der Waals surface area (Å²) in [4.78, 5) is 3.96. The predicted octanol–water partition coefficient (Wildman–Crippen LogP) is 2.96. The number of piperidine rings is 1. The van der Waals surface area contributed by atoms with Crippen LogP contribution in [-0.4, -0.2) is 43.2 Å². The minimum atomic E-state index is -0.138. The lowest BCUT2D eigenvalue weighted by molar-refractivity contribution is 0.113. The smallest absolute Gasteiger partial charge is 0.238 e. The van der Waals surface area contributed by atoms with Crippen LogP contribution < -0.4 is 5.73 Å². The average molecular weight is 409 g/mol. The van der Waals surface area contributed by atoms with E-state index >= 15 is 0 Å². The number of aliphatic hydroxyl groups is 1. The third-order valence-corrected chi connectivity index (χ3v) is 6.37. The van der Waals surface area contributed by atoms with Crippen molar-refractivity contribution in [3.63, 3.8) is 0 Å². The van der Waals surface area contributed by atoms with Crippen molar-refractivity contribution in [1.29, 1.82) is 5.26 Å². The summed E-state index contributed by atoms with van der Waals surface area (Å²) >= 11 is 10.4. The van der Waals surface area contributed by atoms with Crippen LogP contribution in [0.15, 0.2) is 6.20 Å². The van der Waals surface area contributed by atoms with Gasteiger partial charge in [0.25, 0.3) is 0 Å². The molecule has 0 spiro atoms. The number of aromatic nitrogens is 3. The number of aliphatic hydroxyl groups excluding tert-OH is 1. The van der Waals surface area contributed by atoms with Crippen molar-refractivity contribution in [3.8, 4) is 6.07 Å². The fourth-order valence-corrected chi connectivity index (χ4v) is 4.50. The monoisotopic (exact) mass is 408 g/mol. The number of fused-ring (bicyclic) bond motifs is 1. The lowest BCUT2D eigenvalue weighted by atomic mass is 9.64. The van der Waals surface area contributed by atoms with Crippen LogP contribution in [-0.2, 0) is 5.41 Å². The first-order chi connectivity index (χ1) is 12.9. The lowest BCUT2D eigenvalue weighted by Crippen LogP contribution is -2.35. The van der Waals surface area contributed by atoms with E-state index in [1.165, 1.54) is 6.42 Å². The SMILES string of the molecule is CCC1(c2c(C#N)c(Cl)c3cnc(N)nn23)CCC1.OC1CCCN(S)C1. The van der Waals surface area contributed by atoms with Gasteiger partial charge in [-0.2, -0.15) is 5.26 Å². The molecule has 146 valence electrons. The minimum Gasteiger partial charge on any atom is -0.392 e. The second kappa shape index (κ2) is 8.23. The Morgan fingerprint density at radius 1 is 1.48 bits per heavy atom. The first kappa shape index (κ1) is 20.2. The molecule has 1 aliphatic heterocycles. The lowest BCUT2D eigenvalue weighted by Gasteiger charge is -2.41. The Labute approximate surface area is 169 Å². The van der Waals surface area contributed by atoms with Gasteiger partial charge in [-0.25, -0.2) is 9.50 Å². The van der Waals surface area contributed by atoms with E-state index < -0.39 is 0 Å². The third kappa shape index (κ3) is 3.87. The van der Waals surface area contributed by atoms with Gasteiger partial charge in [0.15, 0.2) is 0 Å². The second-order valence-corrected chi connectivity index (χ2v) is 8.20. The van der Waals surface area contributed by atoms with E-state index in [9.17, 15) is 5.26 Å². The molecule has 0 radical (unpaired) electrons. The van der Waals surface area contributed by atoms with Crippen molar-refractivity contribution in [2.24, 2.45) is 0 Å². The van der Waals surface area contributed by atoms with E-state index in [1.54, 1.807) is 10.7 Å². The van der Waals surface area contributed by atoms with E-state index in [0.29, 0.717) is 16.1 Å². The summed E-state index contributed by atoms with van der Waals surface area (Å²) in [5.74, 6) is 0.190. The summed E-state index contributed by atoms with van der Waals surface area (Å²) in [5, 5.41) is 23.1. The van der Waals surface area contributed by atoms with E-state index in [1.807, 2.05) is 4.31 Å². The van der Waals surface area contributed by atoms with Gasteiger partial charge in [-0.3, -0.25) is 4.31 Å². The molecule has 3 heterocycles. The molecule has 3 N–H and O–H groups in total. The van der Waals surface area contributed by atoms with Crippen LogP contribution >= 0.6 is 24.4 Å². The van der Waals surface area contributed by atoms with Crippen LogP contribution in [0.25, 0.3) is 5.52 Å². The van der Waals surface area contributed by atoms with Crippen LogP contribution in [0.2, 0.25) is 5.02 Å². The summed E-state index contributed by atoms with van der Waals surface area (Å²) in [6.45, 7) is 3.88. The van der Waals surface area contributed by atoms with Gasteiger partial charge < -0.3 is 10.8 Å². The molecule has 2 aliphatic rings. The normalized spacial score (nSPS) is 21.8. The number of nitrogens with two attached hydrogens (primary N) is 1. The first-order valence-corrected chi connectivity index (χ1v) is 10.0. The van der Waals surface area contributed by atoms with Crippen molar-refractivity contribution < 1.29 is 5.11 Å². The van der Waals surface area contributed by atoms with E-state index in [0.717, 1.165) is 50.9 Å². The highest BCUT2D eigenvalue weighted by Crippen LogP contribution is 2.49. The minimum absolute atomic E-state index is 0.00190. The number of nitrogens with zero attached hydrogens (tertiary/aromatic N) is 5. The van der Waals surface area contributed by atoms with Crippen LogP contribution in [0.1, 0.15) is 56.7 Å². The van der Waals surface area contributed by atoms with Gasteiger partial charge in [0.2, 0.25) is 5.95 Å². The number of thiol groups is 1. The molecule has 2 fully saturated rings. The largest absolute Gasteiger partial charge is 0.392 e. The number of rotatable bonds is 2. The molecule has 9 heteroatoms. The second-order valence-electron chi connectivity index (χ2n) is 7.26. The molecule has 4 rings (SSSR count). The highest BCUT2D eigenvalue weighted by Gasteiger charge is 2.42.